The molecule has 7 heteroatoms. The number of hydrogen-bond acceptors (Lipinski definition) is 4. The fourth-order valence-electron chi connectivity index (χ4n) is 1.26. The maximum absolute atomic E-state index is 11.8. The Morgan fingerprint density at radius 2 is 2.12 bits per heavy atom. The lowest BCUT2D eigenvalue weighted by molar-refractivity contribution is -0.146. The van der Waals surface area contributed by atoms with Crippen molar-refractivity contribution in [2.75, 3.05) is 25.6 Å². The third-order valence-corrected chi connectivity index (χ3v) is 3.18. The molecule has 0 aliphatic carbocycles. The van der Waals surface area contributed by atoms with E-state index < -0.39 is 11.8 Å². The van der Waals surface area contributed by atoms with Crippen LogP contribution in [-0.4, -0.2) is 53.3 Å². The highest BCUT2D eigenvalue weighted by molar-refractivity contribution is 7.98. The van der Waals surface area contributed by atoms with Gasteiger partial charge in [-0.25, -0.2) is 0 Å². The zero-order valence-electron chi connectivity index (χ0n) is 10.4. The molecule has 0 bridgehead atoms. The van der Waals surface area contributed by atoms with Crippen molar-refractivity contribution in [1.82, 2.24) is 10.2 Å². The highest BCUT2D eigenvalue weighted by atomic mass is 32.2. The SMILES string of the molecule is CCC(CSC)N(C)C(=O)C(=O)NCC(N)=S. The summed E-state index contributed by atoms with van der Waals surface area (Å²) in [4.78, 5) is 24.9. The summed E-state index contributed by atoms with van der Waals surface area (Å²) < 4.78 is 0. The number of amides is 2. The van der Waals surface area contributed by atoms with Crippen LogP contribution < -0.4 is 11.1 Å². The predicted molar refractivity (Wildman–Crippen MR) is 75.0 cm³/mol. The van der Waals surface area contributed by atoms with E-state index in [2.05, 4.69) is 17.5 Å². The van der Waals surface area contributed by atoms with Crippen LogP contribution in [0.5, 0.6) is 0 Å². The summed E-state index contributed by atoms with van der Waals surface area (Å²) in [6.45, 7) is 2.03. The normalized spacial score (nSPS) is 11.7. The van der Waals surface area contributed by atoms with E-state index in [9.17, 15) is 9.59 Å². The molecule has 0 aromatic heterocycles. The van der Waals surface area contributed by atoms with Crippen LogP contribution in [0.1, 0.15) is 13.3 Å². The molecule has 3 N–H and O–H groups in total. The van der Waals surface area contributed by atoms with Gasteiger partial charge in [0.25, 0.3) is 0 Å². The molecular weight excluding hydrogens is 258 g/mol. The van der Waals surface area contributed by atoms with Gasteiger partial charge < -0.3 is 16.0 Å². The Kier molecular flexibility index (Phi) is 7.90. The second-order valence-electron chi connectivity index (χ2n) is 3.58. The summed E-state index contributed by atoms with van der Waals surface area (Å²) in [5, 5.41) is 2.38. The van der Waals surface area contributed by atoms with Crippen LogP contribution in [0.25, 0.3) is 0 Å². The molecule has 2 amide bonds. The van der Waals surface area contributed by atoms with Gasteiger partial charge in [0.1, 0.15) is 0 Å². The van der Waals surface area contributed by atoms with Gasteiger partial charge in [-0.3, -0.25) is 9.59 Å². The summed E-state index contributed by atoms with van der Waals surface area (Å²) in [5.74, 6) is -0.414. The second-order valence-corrected chi connectivity index (χ2v) is 5.02. The van der Waals surface area contributed by atoms with Crippen LogP contribution in [0.4, 0.5) is 0 Å². The first-order chi connectivity index (χ1) is 7.93. The van der Waals surface area contributed by atoms with Gasteiger partial charge in [-0.2, -0.15) is 11.8 Å². The number of carbonyl (C=O) groups is 2. The van der Waals surface area contributed by atoms with Crippen molar-refractivity contribution >= 4 is 40.8 Å². The van der Waals surface area contributed by atoms with Crippen LogP contribution >= 0.6 is 24.0 Å². The highest BCUT2D eigenvalue weighted by Gasteiger charge is 2.23. The van der Waals surface area contributed by atoms with Crippen molar-refractivity contribution in [2.45, 2.75) is 19.4 Å². The van der Waals surface area contributed by atoms with Crippen molar-refractivity contribution < 1.29 is 9.59 Å². The fourth-order valence-corrected chi connectivity index (χ4v) is 2.18. The Balaban J connectivity index is 4.36. The van der Waals surface area contributed by atoms with E-state index in [0.717, 1.165) is 12.2 Å². The van der Waals surface area contributed by atoms with Crippen molar-refractivity contribution in [3.63, 3.8) is 0 Å². The number of carbonyl (C=O) groups excluding carboxylic acids is 2. The molecule has 0 heterocycles. The first-order valence-corrected chi connectivity index (χ1v) is 7.06. The first kappa shape index (κ1) is 16.2. The summed E-state index contributed by atoms with van der Waals surface area (Å²) in [7, 11) is 1.63. The van der Waals surface area contributed by atoms with E-state index >= 15 is 0 Å². The molecular formula is C10H19N3O2S2. The zero-order valence-corrected chi connectivity index (χ0v) is 12.0. The van der Waals surface area contributed by atoms with Crippen LogP contribution in [0, 0.1) is 0 Å². The number of thioether (sulfide) groups is 1. The quantitative estimate of drug-likeness (QED) is 0.527. The van der Waals surface area contributed by atoms with E-state index in [1.54, 1.807) is 18.8 Å². The van der Waals surface area contributed by atoms with E-state index in [1.165, 1.54) is 4.90 Å². The molecule has 0 saturated carbocycles. The molecule has 98 valence electrons. The minimum atomic E-state index is -0.667. The molecule has 0 aliphatic rings. The number of nitrogens with one attached hydrogen (secondary N) is 1. The van der Waals surface area contributed by atoms with E-state index in [4.69, 9.17) is 5.73 Å². The Bertz CT molecular complexity index is 297. The van der Waals surface area contributed by atoms with E-state index in [-0.39, 0.29) is 17.6 Å². The molecule has 0 aliphatic heterocycles. The molecule has 0 saturated heterocycles. The summed E-state index contributed by atoms with van der Waals surface area (Å²) in [6, 6.07) is 0.0630. The molecule has 1 atom stereocenters. The molecule has 0 radical (unpaired) electrons. The van der Waals surface area contributed by atoms with E-state index in [1.807, 2.05) is 13.2 Å². The average Bonchev–Trinajstić information content (AvgIpc) is 2.31. The van der Waals surface area contributed by atoms with Crippen molar-refractivity contribution in [3.05, 3.63) is 0 Å². The molecule has 5 nitrogen and oxygen atoms in total. The van der Waals surface area contributed by atoms with Gasteiger partial charge >= 0.3 is 11.8 Å². The van der Waals surface area contributed by atoms with Gasteiger partial charge in [-0.05, 0) is 12.7 Å². The maximum atomic E-state index is 11.8. The third kappa shape index (κ3) is 5.88. The number of nitrogens with zero attached hydrogens (tertiary/aromatic N) is 1. The molecule has 0 aromatic carbocycles. The lowest BCUT2D eigenvalue weighted by atomic mass is 10.2. The van der Waals surface area contributed by atoms with Gasteiger partial charge in [0, 0.05) is 18.8 Å². The summed E-state index contributed by atoms with van der Waals surface area (Å²) in [6.07, 6.45) is 2.78. The predicted octanol–water partition coefficient (Wildman–Crippen LogP) is -0.0113. The van der Waals surface area contributed by atoms with Gasteiger partial charge in [0.05, 0.1) is 11.5 Å². The highest BCUT2D eigenvalue weighted by Crippen LogP contribution is 2.08. The maximum Gasteiger partial charge on any atom is 0.311 e. The molecule has 17 heavy (non-hydrogen) atoms. The lowest BCUT2D eigenvalue weighted by Gasteiger charge is -2.26. The first-order valence-electron chi connectivity index (χ1n) is 5.26. The Morgan fingerprint density at radius 1 is 1.53 bits per heavy atom. The fraction of sp³-hybridized carbons (Fsp3) is 0.700. The third-order valence-electron chi connectivity index (χ3n) is 2.32. The number of likely N-dealkylation sites (N-methyl/N-ethyl adjacent to an activating group) is 1. The summed E-state index contributed by atoms with van der Waals surface area (Å²) in [5.41, 5.74) is 5.24. The van der Waals surface area contributed by atoms with Crippen LogP contribution in [0.15, 0.2) is 0 Å². The molecule has 0 fully saturated rings. The van der Waals surface area contributed by atoms with Crippen LogP contribution in [0.3, 0.4) is 0 Å². The van der Waals surface area contributed by atoms with Crippen molar-refractivity contribution in [2.24, 2.45) is 5.73 Å². The lowest BCUT2D eigenvalue weighted by Crippen LogP contribution is -2.47. The van der Waals surface area contributed by atoms with Gasteiger partial charge in [0.2, 0.25) is 0 Å². The van der Waals surface area contributed by atoms with E-state index in [0.29, 0.717) is 0 Å². The zero-order chi connectivity index (χ0) is 13.4. The monoisotopic (exact) mass is 277 g/mol. The minimum Gasteiger partial charge on any atom is -0.392 e. The molecule has 0 aromatic rings. The molecule has 1 unspecified atom stereocenters. The Hall–Kier alpha value is -0.820. The van der Waals surface area contributed by atoms with Gasteiger partial charge in [0.15, 0.2) is 0 Å². The standard InChI is InChI=1S/C10H19N3O2S2/c1-4-7(6-17-3)13(2)10(15)9(14)12-5-8(11)16/h7H,4-6H2,1-3H3,(H2,11,16)(H,12,14). The minimum absolute atomic E-state index is 0.0487. The Morgan fingerprint density at radius 3 is 2.53 bits per heavy atom. The molecule has 0 spiro atoms. The second kappa shape index (κ2) is 8.30. The van der Waals surface area contributed by atoms with Gasteiger partial charge in [-0.1, -0.05) is 19.1 Å². The number of nitrogens with two attached hydrogens (primary N) is 1. The topological polar surface area (TPSA) is 75.4 Å². The largest absolute Gasteiger partial charge is 0.392 e. The molecule has 0 rings (SSSR count). The van der Waals surface area contributed by atoms with Crippen molar-refractivity contribution in [3.8, 4) is 0 Å². The average molecular weight is 277 g/mol. The number of thiocarbonyl (C=S) groups is 1. The summed E-state index contributed by atoms with van der Waals surface area (Å²) >= 11 is 6.26. The van der Waals surface area contributed by atoms with Crippen LogP contribution in [0.2, 0.25) is 0 Å². The van der Waals surface area contributed by atoms with Crippen molar-refractivity contribution in [1.29, 1.82) is 0 Å². The number of hydrogen-bond donors (Lipinski definition) is 2. The smallest absolute Gasteiger partial charge is 0.311 e. The Labute approximate surface area is 111 Å². The number of rotatable bonds is 6. The van der Waals surface area contributed by atoms with Crippen LogP contribution in [-0.2, 0) is 9.59 Å². The van der Waals surface area contributed by atoms with Gasteiger partial charge in [-0.15, -0.1) is 0 Å².